The zero-order valence-electron chi connectivity index (χ0n) is 14.3. The molecule has 2 heterocycles. The van der Waals surface area contributed by atoms with Gasteiger partial charge >= 0.3 is 10.4 Å². The van der Waals surface area contributed by atoms with E-state index in [1.54, 1.807) is 12.1 Å². The largest absolute Gasteiger partial charge is 0.397 e. The van der Waals surface area contributed by atoms with E-state index in [4.69, 9.17) is 18.2 Å². The Balaban J connectivity index is 1.73. The van der Waals surface area contributed by atoms with Crippen molar-refractivity contribution in [2.75, 3.05) is 23.9 Å². The zero-order chi connectivity index (χ0) is 19.6. The lowest BCUT2D eigenvalue weighted by atomic mass is 10.1. The molecule has 0 bridgehead atoms. The topological polar surface area (TPSA) is 143 Å². The van der Waals surface area contributed by atoms with Gasteiger partial charge in [0.1, 0.15) is 47.8 Å². The summed E-state index contributed by atoms with van der Waals surface area (Å²) in [5, 5.41) is 29.5. The quantitative estimate of drug-likeness (QED) is 0.346. The van der Waals surface area contributed by atoms with Crippen molar-refractivity contribution >= 4 is 21.3 Å². The second kappa shape index (κ2) is 8.72. The monoisotopic (exact) mass is 423 g/mol. The maximum Gasteiger partial charge on any atom is 0.397 e. The molecule has 3 unspecified atom stereocenters. The van der Waals surface area contributed by atoms with Crippen molar-refractivity contribution in [2.45, 2.75) is 36.8 Å². The van der Waals surface area contributed by atoms with Gasteiger partial charge in [-0.2, -0.15) is 8.42 Å². The minimum absolute atomic E-state index is 0.116. The summed E-state index contributed by atoms with van der Waals surface area (Å²) in [6.07, 6.45) is -5.87. The van der Waals surface area contributed by atoms with Gasteiger partial charge in [-0.05, 0) is 10.9 Å². The molecule has 27 heavy (non-hydrogen) atoms. The predicted octanol–water partition coefficient (Wildman–Crippen LogP) is -0.997. The molecule has 2 aliphatic heterocycles. The SMILES string of the molecule is O=S(=O)(O)O[C@@H]1COC(c2ccccc2)O[C@H]1C[S+]1C[C@@H](O)C(O)[C@@H](O)C1. The van der Waals surface area contributed by atoms with Crippen molar-refractivity contribution in [3.05, 3.63) is 35.9 Å². The number of rotatable bonds is 5. The maximum atomic E-state index is 11.1. The Bertz CT molecular complexity index is 702. The third-order valence-corrected chi connectivity index (χ3v) is 7.36. The Hall–Kier alpha value is -0.760. The average Bonchev–Trinajstić information content (AvgIpc) is 2.60. The molecule has 0 saturated carbocycles. The van der Waals surface area contributed by atoms with Crippen LogP contribution >= 0.6 is 0 Å². The van der Waals surface area contributed by atoms with Crippen LogP contribution in [0.3, 0.4) is 0 Å². The highest BCUT2D eigenvalue weighted by atomic mass is 32.3. The van der Waals surface area contributed by atoms with Crippen LogP contribution in [0.4, 0.5) is 0 Å². The molecule has 1 aromatic rings. The van der Waals surface area contributed by atoms with E-state index in [1.165, 1.54) is 0 Å². The van der Waals surface area contributed by atoms with Gasteiger partial charge in [0.25, 0.3) is 0 Å². The van der Waals surface area contributed by atoms with E-state index in [1.807, 2.05) is 18.2 Å². The molecular formula is C16H23O9S2+. The van der Waals surface area contributed by atoms with Crippen molar-refractivity contribution in [3.8, 4) is 0 Å². The van der Waals surface area contributed by atoms with Gasteiger partial charge in [-0.3, -0.25) is 4.55 Å². The van der Waals surface area contributed by atoms with Gasteiger partial charge in [0.05, 0.1) is 6.61 Å². The van der Waals surface area contributed by atoms with Gasteiger partial charge < -0.3 is 24.8 Å². The van der Waals surface area contributed by atoms with Crippen LogP contribution in [0.5, 0.6) is 0 Å². The van der Waals surface area contributed by atoms with Crippen molar-refractivity contribution in [2.24, 2.45) is 0 Å². The molecule has 3 rings (SSSR count). The Kier molecular flexibility index (Phi) is 6.77. The Morgan fingerprint density at radius 1 is 1.11 bits per heavy atom. The number of benzene rings is 1. The molecule has 152 valence electrons. The summed E-state index contributed by atoms with van der Waals surface area (Å²) in [5.41, 5.74) is 0.746. The van der Waals surface area contributed by atoms with E-state index >= 15 is 0 Å². The normalized spacial score (nSPS) is 37.9. The number of hydrogen-bond donors (Lipinski definition) is 4. The molecule has 0 spiro atoms. The van der Waals surface area contributed by atoms with Gasteiger partial charge in [0.2, 0.25) is 0 Å². The van der Waals surface area contributed by atoms with Gasteiger partial charge in [-0.15, -0.1) is 0 Å². The van der Waals surface area contributed by atoms with Gasteiger partial charge in [-0.25, -0.2) is 4.18 Å². The summed E-state index contributed by atoms with van der Waals surface area (Å²) in [6.45, 7) is -0.116. The maximum absolute atomic E-state index is 11.1. The summed E-state index contributed by atoms with van der Waals surface area (Å²) in [4.78, 5) is 0. The van der Waals surface area contributed by atoms with E-state index in [-0.39, 0.29) is 23.9 Å². The molecule has 2 aliphatic rings. The first-order valence-electron chi connectivity index (χ1n) is 8.39. The number of aliphatic hydroxyl groups excluding tert-OH is 3. The Labute approximate surface area is 160 Å². The highest BCUT2D eigenvalue weighted by molar-refractivity contribution is 7.97. The summed E-state index contributed by atoms with van der Waals surface area (Å²) < 4.78 is 47.4. The van der Waals surface area contributed by atoms with Gasteiger partial charge in [0.15, 0.2) is 6.29 Å². The predicted molar refractivity (Wildman–Crippen MR) is 96.4 cm³/mol. The summed E-state index contributed by atoms with van der Waals surface area (Å²) in [6, 6.07) is 9.08. The second-order valence-electron chi connectivity index (χ2n) is 6.55. The number of ether oxygens (including phenoxy) is 2. The lowest BCUT2D eigenvalue weighted by Crippen LogP contribution is -2.54. The summed E-state index contributed by atoms with van der Waals surface area (Å²) in [7, 11) is -5.25. The van der Waals surface area contributed by atoms with E-state index < -0.39 is 58.1 Å². The molecule has 7 atom stereocenters. The van der Waals surface area contributed by atoms with Crippen LogP contribution < -0.4 is 0 Å². The molecule has 11 heteroatoms. The minimum Gasteiger partial charge on any atom is -0.387 e. The number of aliphatic hydroxyl groups is 3. The van der Waals surface area contributed by atoms with Crippen LogP contribution in [0.25, 0.3) is 0 Å². The highest BCUT2D eigenvalue weighted by Crippen LogP contribution is 2.30. The first-order valence-corrected chi connectivity index (χ1v) is 11.5. The highest BCUT2D eigenvalue weighted by Gasteiger charge is 2.46. The van der Waals surface area contributed by atoms with Gasteiger partial charge in [0, 0.05) is 5.56 Å². The van der Waals surface area contributed by atoms with E-state index in [0.717, 1.165) is 5.56 Å². The van der Waals surface area contributed by atoms with Crippen LogP contribution in [0.15, 0.2) is 30.3 Å². The molecule has 0 radical (unpaired) electrons. The standard InChI is InChI=1S/C16H22O9S2/c17-11-7-26(8-12(18)15(11)19)9-14-13(25-27(20,21)22)6-23-16(24-14)10-4-2-1-3-5-10/h1-5,11-19H,6-9H2/p+1/t11-,12+,13-,14+,15?,16?,26?/m1/s1. The molecule has 2 fully saturated rings. The zero-order valence-corrected chi connectivity index (χ0v) is 16.0. The van der Waals surface area contributed by atoms with Crippen LogP contribution in [0.1, 0.15) is 11.9 Å². The second-order valence-corrected chi connectivity index (χ2v) is 9.82. The Morgan fingerprint density at radius 2 is 1.74 bits per heavy atom. The first-order chi connectivity index (χ1) is 12.7. The fourth-order valence-corrected chi connectivity index (χ4v) is 6.14. The molecule has 0 amide bonds. The third kappa shape index (κ3) is 5.62. The smallest absolute Gasteiger partial charge is 0.387 e. The van der Waals surface area contributed by atoms with E-state index in [2.05, 4.69) is 0 Å². The fraction of sp³-hybridized carbons (Fsp3) is 0.625. The number of hydrogen-bond acceptors (Lipinski definition) is 8. The van der Waals surface area contributed by atoms with Crippen molar-refractivity contribution < 1.29 is 41.9 Å². The minimum atomic E-state index is -4.71. The average molecular weight is 423 g/mol. The third-order valence-electron chi connectivity index (χ3n) is 4.44. The lowest BCUT2D eigenvalue weighted by molar-refractivity contribution is -0.245. The van der Waals surface area contributed by atoms with Crippen LogP contribution in [0.2, 0.25) is 0 Å². The summed E-state index contributed by atoms with van der Waals surface area (Å²) >= 11 is 0. The van der Waals surface area contributed by atoms with E-state index in [9.17, 15) is 23.7 Å². The molecule has 0 aliphatic carbocycles. The van der Waals surface area contributed by atoms with Crippen LogP contribution in [0, 0.1) is 0 Å². The Morgan fingerprint density at radius 3 is 2.33 bits per heavy atom. The molecule has 1 aromatic carbocycles. The van der Waals surface area contributed by atoms with E-state index in [0.29, 0.717) is 0 Å². The first kappa shape index (κ1) is 21.0. The lowest BCUT2D eigenvalue weighted by Gasteiger charge is -2.36. The molecule has 4 N–H and O–H groups in total. The van der Waals surface area contributed by atoms with Crippen LogP contribution in [-0.2, 0) is 35.0 Å². The molecule has 0 aromatic heterocycles. The van der Waals surface area contributed by atoms with Crippen LogP contribution in [-0.4, -0.2) is 82.7 Å². The van der Waals surface area contributed by atoms with Crippen molar-refractivity contribution in [1.82, 2.24) is 0 Å². The molecular weight excluding hydrogens is 400 g/mol. The molecule has 9 nitrogen and oxygen atoms in total. The fourth-order valence-electron chi connectivity index (χ4n) is 3.13. The van der Waals surface area contributed by atoms with Crippen molar-refractivity contribution in [3.63, 3.8) is 0 Å². The van der Waals surface area contributed by atoms with Crippen molar-refractivity contribution in [1.29, 1.82) is 0 Å². The summed E-state index contributed by atoms with van der Waals surface area (Å²) in [5.74, 6) is 0.800. The van der Waals surface area contributed by atoms with Gasteiger partial charge in [-0.1, -0.05) is 30.3 Å². The molecule has 2 saturated heterocycles.